The average molecular weight is 253 g/mol. The Balaban J connectivity index is 0.00000196. The third-order valence-electron chi connectivity index (χ3n) is 1.71. The van der Waals surface area contributed by atoms with E-state index < -0.39 is 0 Å². The fourth-order valence-electron chi connectivity index (χ4n) is 0.959. The second-order valence-electron chi connectivity index (χ2n) is 2.78. The summed E-state index contributed by atoms with van der Waals surface area (Å²) in [5.41, 5.74) is 5.99. The van der Waals surface area contributed by atoms with Crippen LogP contribution in [0.15, 0.2) is 6.33 Å². The van der Waals surface area contributed by atoms with E-state index in [0.29, 0.717) is 18.1 Å². The number of nitrogens with zero attached hydrogens (tertiary/aromatic N) is 2. The van der Waals surface area contributed by atoms with Gasteiger partial charge in [0, 0.05) is 13.2 Å². The number of aliphatic hydroxyl groups excluding tert-OH is 1. The summed E-state index contributed by atoms with van der Waals surface area (Å²) in [6.07, 6.45) is 2.97. The molecule has 4 N–H and O–H groups in total. The van der Waals surface area contributed by atoms with E-state index in [1.807, 2.05) is 0 Å². The summed E-state index contributed by atoms with van der Waals surface area (Å²) in [5.74, 6) is 0.544. The Morgan fingerprint density at radius 2 is 2.13 bits per heavy atom. The summed E-state index contributed by atoms with van der Waals surface area (Å²) in [5, 5.41) is 11.8. The smallest absolute Gasteiger partial charge is 0.157 e. The molecule has 0 aliphatic carbocycles. The van der Waals surface area contributed by atoms with E-state index in [0.717, 1.165) is 12.8 Å². The summed E-state index contributed by atoms with van der Waals surface area (Å²) in [6, 6.07) is 0. The van der Waals surface area contributed by atoms with Gasteiger partial charge in [-0.05, 0) is 12.8 Å². The topological polar surface area (TPSA) is 84.1 Å². The summed E-state index contributed by atoms with van der Waals surface area (Å²) >= 11 is 5.70. The second kappa shape index (κ2) is 7.50. The van der Waals surface area contributed by atoms with Crippen LogP contribution >= 0.6 is 24.0 Å². The van der Waals surface area contributed by atoms with Gasteiger partial charge in [0.05, 0.1) is 0 Å². The van der Waals surface area contributed by atoms with Crippen molar-refractivity contribution in [1.82, 2.24) is 9.97 Å². The minimum absolute atomic E-state index is 0. The van der Waals surface area contributed by atoms with E-state index in [9.17, 15) is 0 Å². The molecule has 0 amide bonds. The third kappa shape index (κ3) is 4.51. The van der Waals surface area contributed by atoms with Gasteiger partial charge in [-0.25, -0.2) is 9.97 Å². The molecular weight excluding hydrogens is 239 g/mol. The molecular formula is C8H14Cl2N4O. The number of hydrogen-bond donors (Lipinski definition) is 3. The lowest BCUT2D eigenvalue weighted by Crippen LogP contribution is -2.07. The van der Waals surface area contributed by atoms with Crippen molar-refractivity contribution in [1.29, 1.82) is 0 Å². The molecule has 1 heterocycles. The lowest BCUT2D eigenvalue weighted by molar-refractivity contribution is 0.286. The SMILES string of the molecule is Cl.Nc1c(Cl)ncnc1NCCCCO. The van der Waals surface area contributed by atoms with Gasteiger partial charge in [0.1, 0.15) is 12.0 Å². The first-order valence-electron chi connectivity index (χ1n) is 4.36. The molecule has 0 aromatic carbocycles. The van der Waals surface area contributed by atoms with Crippen LogP contribution in [0.2, 0.25) is 5.15 Å². The molecule has 0 atom stereocenters. The van der Waals surface area contributed by atoms with Crippen molar-refractivity contribution in [3.05, 3.63) is 11.5 Å². The molecule has 0 fully saturated rings. The van der Waals surface area contributed by atoms with Gasteiger partial charge in [-0.1, -0.05) is 11.6 Å². The van der Waals surface area contributed by atoms with Gasteiger partial charge in [0.25, 0.3) is 0 Å². The fraction of sp³-hybridized carbons (Fsp3) is 0.500. The van der Waals surface area contributed by atoms with Crippen molar-refractivity contribution in [2.24, 2.45) is 0 Å². The van der Waals surface area contributed by atoms with Crippen molar-refractivity contribution in [3.63, 3.8) is 0 Å². The molecule has 0 unspecified atom stereocenters. The third-order valence-corrected chi connectivity index (χ3v) is 2.01. The predicted molar refractivity (Wildman–Crippen MR) is 63.5 cm³/mol. The molecule has 0 spiro atoms. The molecule has 0 radical (unpaired) electrons. The van der Waals surface area contributed by atoms with Gasteiger partial charge >= 0.3 is 0 Å². The van der Waals surface area contributed by atoms with E-state index in [1.165, 1.54) is 6.33 Å². The maximum absolute atomic E-state index is 8.56. The number of aromatic nitrogens is 2. The van der Waals surface area contributed by atoms with E-state index >= 15 is 0 Å². The zero-order chi connectivity index (χ0) is 10.4. The molecule has 0 aliphatic heterocycles. The van der Waals surface area contributed by atoms with Crippen LogP contribution in [0.3, 0.4) is 0 Å². The Morgan fingerprint density at radius 3 is 2.80 bits per heavy atom. The molecule has 1 rings (SSSR count). The normalized spacial score (nSPS) is 9.47. The fourth-order valence-corrected chi connectivity index (χ4v) is 1.09. The number of nitrogen functional groups attached to an aromatic ring is 1. The van der Waals surface area contributed by atoms with E-state index in [2.05, 4.69) is 15.3 Å². The summed E-state index contributed by atoms with van der Waals surface area (Å²) in [7, 11) is 0. The molecule has 0 bridgehead atoms. The number of anilines is 2. The van der Waals surface area contributed by atoms with Crippen LogP contribution in [0.4, 0.5) is 11.5 Å². The molecule has 5 nitrogen and oxygen atoms in total. The Kier molecular flexibility index (Phi) is 7.11. The quantitative estimate of drug-likeness (QED) is 0.544. The van der Waals surface area contributed by atoms with Crippen LogP contribution in [-0.4, -0.2) is 28.2 Å². The minimum Gasteiger partial charge on any atom is -0.396 e. The molecule has 15 heavy (non-hydrogen) atoms. The highest BCUT2D eigenvalue weighted by atomic mass is 35.5. The number of nitrogens with one attached hydrogen (secondary N) is 1. The Labute approximate surface area is 99.5 Å². The summed E-state index contributed by atoms with van der Waals surface area (Å²) in [6.45, 7) is 0.903. The number of aliphatic hydroxyl groups is 1. The molecule has 0 aliphatic rings. The molecule has 7 heteroatoms. The second-order valence-corrected chi connectivity index (χ2v) is 3.14. The minimum atomic E-state index is 0. The standard InChI is InChI=1S/C8H13ClN4O.ClH/c9-7-6(10)8(13-5-12-7)11-3-1-2-4-14;/h5,14H,1-4,10H2,(H,11,12,13);1H. The summed E-state index contributed by atoms with van der Waals surface area (Å²) in [4.78, 5) is 7.68. The van der Waals surface area contributed by atoms with Crippen molar-refractivity contribution in [2.45, 2.75) is 12.8 Å². The largest absolute Gasteiger partial charge is 0.396 e. The van der Waals surface area contributed by atoms with Crippen molar-refractivity contribution in [2.75, 3.05) is 24.2 Å². The van der Waals surface area contributed by atoms with Crippen molar-refractivity contribution < 1.29 is 5.11 Å². The van der Waals surface area contributed by atoms with Crippen LogP contribution in [0.5, 0.6) is 0 Å². The van der Waals surface area contributed by atoms with Crippen LogP contribution < -0.4 is 11.1 Å². The maximum Gasteiger partial charge on any atom is 0.157 e. The van der Waals surface area contributed by atoms with Crippen LogP contribution in [-0.2, 0) is 0 Å². The Hall–Kier alpha value is -0.780. The van der Waals surface area contributed by atoms with Gasteiger partial charge in [-0.2, -0.15) is 0 Å². The van der Waals surface area contributed by atoms with Crippen LogP contribution in [0, 0.1) is 0 Å². The van der Waals surface area contributed by atoms with Crippen LogP contribution in [0.25, 0.3) is 0 Å². The monoisotopic (exact) mass is 252 g/mol. The van der Waals surface area contributed by atoms with Gasteiger partial charge < -0.3 is 16.2 Å². The zero-order valence-electron chi connectivity index (χ0n) is 8.11. The predicted octanol–water partition coefficient (Wildman–Crippen LogP) is 1.32. The molecule has 0 saturated heterocycles. The number of nitrogens with two attached hydrogens (primary N) is 1. The number of unbranched alkanes of at least 4 members (excludes halogenated alkanes) is 1. The summed E-state index contributed by atoms with van der Waals surface area (Å²) < 4.78 is 0. The lowest BCUT2D eigenvalue weighted by Gasteiger charge is -2.07. The highest BCUT2D eigenvalue weighted by Crippen LogP contribution is 2.21. The number of hydrogen-bond acceptors (Lipinski definition) is 5. The van der Waals surface area contributed by atoms with Gasteiger partial charge in [-0.3, -0.25) is 0 Å². The zero-order valence-corrected chi connectivity index (χ0v) is 9.68. The first kappa shape index (κ1) is 14.2. The average Bonchev–Trinajstić information content (AvgIpc) is 2.19. The molecule has 86 valence electrons. The van der Waals surface area contributed by atoms with E-state index in [-0.39, 0.29) is 24.2 Å². The van der Waals surface area contributed by atoms with Gasteiger partial charge in [0.2, 0.25) is 0 Å². The van der Waals surface area contributed by atoms with Crippen molar-refractivity contribution in [3.8, 4) is 0 Å². The number of rotatable bonds is 5. The molecule has 1 aromatic heterocycles. The molecule has 1 aromatic rings. The Morgan fingerprint density at radius 1 is 1.40 bits per heavy atom. The highest BCUT2D eigenvalue weighted by Gasteiger charge is 2.04. The maximum atomic E-state index is 8.56. The molecule has 0 saturated carbocycles. The first-order chi connectivity index (χ1) is 6.75. The van der Waals surface area contributed by atoms with Gasteiger partial charge in [0.15, 0.2) is 11.0 Å². The van der Waals surface area contributed by atoms with Crippen LogP contribution in [0.1, 0.15) is 12.8 Å². The van der Waals surface area contributed by atoms with Crippen molar-refractivity contribution >= 4 is 35.5 Å². The van der Waals surface area contributed by atoms with E-state index in [4.69, 9.17) is 22.4 Å². The van der Waals surface area contributed by atoms with E-state index in [1.54, 1.807) is 0 Å². The lowest BCUT2D eigenvalue weighted by atomic mass is 10.3. The Bertz CT molecular complexity index is 298. The highest BCUT2D eigenvalue weighted by molar-refractivity contribution is 6.32. The first-order valence-corrected chi connectivity index (χ1v) is 4.74. The number of halogens is 2. The van der Waals surface area contributed by atoms with Gasteiger partial charge in [-0.15, -0.1) is 12.4 Å².